The third-order valence-corrected chi connectivity index (χ3v) is 3.21. The number of aryl methyl sites for hydroxylation is 1. The van der Waals surface area contributed by atoms with Gasteiger partial charge in [0.2, 0.25) is 0 Å². The fourth-order valence-electron chi connectivity index (χ4n) is 2.14. The van der Waals surface area contributed by atoms with Crippen molar-refractivity contribution in [1.29, 1.82) is 5.26 Å². The van der Waals surface area contributed by atoms with Crippen LogP contribution >= 0.6 is 0 Å². The number of nitrogens with zero attached hydrogens (tertiary/aromatic N) is 2. The van der Waals surface area contributed by atoms with Crippen LogP contribution in [0.15, 0.2) is 48.5 Å². The second-order valence-corrected chi connectivity index (χ2v) is 4.55. The largest absolute Gasteiger partial charge is 0.340 e. The topological polar surface area (TPSA) is 44.1 Å². The molecule has 0 aliphatic heterocycles. The number of aldehydes is 1. The summed E-state index contributed by atoms with van der Waals surface area (Å²) in [5.74, 6) is 0. The molecular formula is C17H16N2O. The fourth-order valence-corrected chi connectivity index (χ4v) is 2.14. The first kappa shape index (κ1) is 13.8. The first-order valence-electron chi connectivity index (χ1n) is 6.51. The molecule has 2 aromatic carbocycles. The molecule has 0 aromatic heterocycles. The van der Waals surface area contributed by atoms with E-state index in [-0.39, 0.29) is 0 Å². The number of para-hydroxylation sites is 1. The number of carbonyl (C=O) groups excluding carboxylic acids is 1. The summed E-state index contributed by atoms with van der Waals surface area (Å²) < 4.78 is 0. The fraction of sp³-hybridized carbons (Fsp3) is 0.176. The van der Waals surface area contributed by atoms with E-state index < -0.39 is 0 Å². The van der Waals surface area contributed by atoms with Crippen molar-refractivity contribution in [3.05, 3.63) is 59.7 Å². The van der Waals surface area contributed by atoms with Crippen molar-refractivity contribution < 1.29 is 4.79 Å². The monoisotopic (exact) mass is 264 g/mol. The molecule has 20 heavy (non-hydrogen) atoms. The van der Waals surface area contributed by atoms with E-state index in [9.17, 15) is 4.79 Å². The molecule has 0 radical (unpaired) electrons. The predicted octanol–water partition coefficient (Wildman–Crippen LogP) is 3.86. The van der Waals surface area contributed by atoms with Gasteiger partial charge in [-0.2, -0.15) is 5.26 Å². The molecule has 0 amide bonds. The van der Waals surface area contributed by atoms with Crippen molar-refractivity contribution in [1.82, 2.24) is 0 Å². The maximum atomic E-state index is 10.9. The summed E-state index contributed by atoms with van der Waals surface area (Å²) in [6.45, 7) is 2.54. The van der Waals surface area contributed by atoms with Gasteiger partial charge in [0, 0.05) is 23.5 Å². The van der Waals surface area contributed by atoms with E-state index >= 15 is 0 Å². The average Bonchev–Trinajstić information content (AvgIpc) is 2.49. The number of hydrogen-bond donors (Lipinski definition) is 0. The van der Waals surface area contributed by atoms with Crippen molar-refractivity contribution in [2.24, 2.45) is 0 Å². The van der Waals surface area contributed by atoms with Crippen LogP contribution < -0.4 is 4.90 Å². The molecule has 2 rings (SSSR count). The van der Waals surface area contributed by atoms with Crippen molar-refractivity contribution in [3.63, 3.8) is 0 Å². The Morgan fingerprint density at radius 2 is 1.90 bits per heavy atom. The highest BCUT2D eigenvalue weighted by molar-refractivity contribution is 5.79. The molecule has 0 saturated carbocycles. The van der Waals surface area contributed by atoms with Gasteiger partial charge in [-0.1, -0.05) is 18.2 Å². The third kappa shape index (κ3) is 3.04. The molecule has 0 heterocycles. The molecule has 2 aromatic rings. The summed E-state index contributed by atoms with van der Waals surface area (Å²) in [6, 6.07) is 17.8. The molecule has 0 fully saturated rings. The van der Waals surface area contributed by atoms with Gasteiger partial charge >= 0.3 is 0 Å². The lowest BCUT2D eigenvalue weighted by Crippen LogP contribution is -2.18. The second kappa shape index (κ2) is 6.53. The second-order valence-electron chi connectivity index (χ2n) is 4.55. The van der Waals surface area contributed by atoms with Gasteiger partial charge in [0.15, 0.2) is 0 Å². The normalized spacial score (nSPS) is 9.80. The highest BCUT2D eigenvalue weighted by Gasteiger charge is 2.10. The molecule has 0 aliphatic rings. The first-order chi connectivity index (χ1) is 9.76. The lowest BCUT2D eigenvalue weighted by Gasteiger charge is -2.24. The summed E-state index contributed by atoms with van der Waals surface area (Å²) in [5.41, 5.74) is 3.67. The van der Waals surface area contributed by atoms with Crippen LogP contribution in [-0.4, -0.2) is 12.8 Å². The van der Waals surface area contributed by atoms with Crippen molar-refractivity contribution in [2.75, 3.05) is 11.4 Å². The Hall–Kier alpha value is -2.60. The minimum absolute atomic E-state index is 0.448. The predicted molar refractivity (Wildman–Crippen MR) is 80.2 cm³/mol. The van der Waals surface area contributed by atoms with Crippen molar-refractivity contribution in [2.45, 2.75) is 13.3 Å². The Labute approximate surface area is 119 Å². The summed E-state index contributed by atoms with van der Waals surface area (Å²) in [6.07, 6.45) is 1.31. The number of nitriles is 1. The smallest absolute Gasteiger partial charge is 0.150 e. The molecule has 0 unspecified atom stereocenters. The summed E-state index contributed by atoms with van der Waals surface area (Å²) >= 11 is 0. The maximum Gasteiger partial charge on any atom is 0.150 e. The molecule has 3 heteroatoms. The van der Waals surface area contributed by atoms with Crippen molar-refractivity contribution >= 4 is 17.7 Å². The SMILES string of the molecule is Cc1cc(N(CCC#N)c2ccccc2)ccc1C=O. The number of benzene rings is 2. The molecule has 0 saturated heterocycles. The van der Waals surface area contributed by atoms with E-state index in [0.717, 1.165) is 23.2 Å². The Balaban J connectivity index is 2.39. The standard InChI is InChI=1S/C17H16N2O/c1-14-12-17(9-8-15(14)13-20)19(11-5-10-18)16-6-3-2-4-7-16/h2-4,6-9,12-13H,5,11H2,1H3. The van der Waals surface area contributed by atoms with Gasteiger partial charge in [0.25, 0.3) is 0 Å². The molecule has 3 nitrogen and oxygen atoms in total. The number of rotatable bonds is 5. The van der Waals surface area contributed by atoms with E-state index in [1.54, 1.807) is 0 Å². The Morgan fingerprint density at radius 1 is 1.15 bits per heavy atom. The highest BCUT2D eigenvalue weighted by atomic mass is 16.1. The van der Waals surface area contributed by atoms with Crippen LogP contribution in [0, 0.1) is 18.3 Å². The lowest BCUT2D eigenvalue weighted by molar-refractivity contribution is 0.112. The highest BCUT2D eigenvalue weighted by Crippen LogP contribution is 2.26. The van der Waals surface area contributed by atoms with E-state index in [4.69, 9.17) is 5.26 Å². The van der Waals surface area contributed by atoms with Gasteiger partial charge in [0.1, 0.15) is 6.29 Å². The van der Waals surface area contributed by atoms with Gasteiger partial charge in [-0.3, -0.25) is 4.79 Å². The van der Waals surface area contributed by atoms with Gasteiger partial charge < -0.3 is 4.90 Å². The summed E-state index contributed by atoms with van der Waals surface area (Å²) in [5, 5.41) is 8.82. The molecule has 100 valence electrons. The minimum Gasteiger partial charge on any atom is -0.340 e. The van der Waals surface area contributed by atoms with E-state index in [1.807, 2.05) is 55.5 Å². The maximum absolute atomic E-state index is 10.9. The van der Waals surface area contributed by atoms with Crippen LogP contribution in [0.4, 0.5) is 11.4 Å². The van der Waals surface area contributed by atoms with Crippen molar-refractivity contribution in [3.8, 4) is 6.07 Å². The van der Waals surface area contributed by atoms with Crippen LogP contribution in [0.3, 0.4) is 0 Å². The number of carbonyl (C=O) groups is 1. The number of anilines is 2. The molecule has 0 spiro atoms. The molecule has 0 N–H and O–H groups in total. The lowest BCUT2D eigenvalue weighted by atomic mass is 10.1. The summed E-state index contributed by atoms with van der Waals surface area (Å²) in [7, 11) is 0. The Morgan fingerprint density at radius 3 is 2.50 bits per heavy atom. The Bertz CT molecular complexity index is 629. The molecule has 0 aliphatic carbocycles. The first-order valence-corrected chi connectivity index (χ1v) is 6.51. The Kier molecular flexibility index (Phi) is 4.52. The van der Waals surface area contributed by atoms with Crippen LogP contribution in [0.25, 0.3) is 0 Å². The van der Waals surface area contributed by atoms with Gasteiger partial charge in [0.05, 0.1) is 12.5 Å². The van der Waals surface area contributed by atoms with E-state index in [0.29, 0.717) is 18.5 Å². The van der Waals surface area contributed by atoms with Crippen LogP contribution in [0.2, 0.25) is 0 Å². The third-order valence-electron chi connectivity index (χ3n) is 3.21. The van der Waals surface area contributed by atoms with E-state index in [1.165, 1.54) is 0 Å². The van der Waals surface area contributed by atoms with Crippen LogP contribution in [0.1, 0.15) is 22.3 Å². The summed E-state index contributed by atoms with van der Waals surface area (Å²) in [4.78, 5) is 13.0. The zero-order chi connectivity index (χ0) is 14.4. The van der Waals surface area contributed by atoms with E-state index in [2.05, 4.69) is 11.0 Å². The van der Waals surface area contributed by atoms with Crippen LogP contribution in [0.5, 0.6) is 0 Å². The number of hydrogen-bond acceptors (Lipinski definition) is 3. The molecule has 0 atom stereocenters. The average molecular weight is 264 g/mol. The zero-order valence-electron chi connectivity index (χ0n) is 11.4. The van der Waals surface area contributed by atoms with Gasteiger partial charge in [-0.15, -0.1) is 0 Å². The molecular weight excluding hydrogens is 248 g/mol. The minimum atomic E-state index is 0.448. The molecule has 0 bridgehead atoms. The van der Waals surface area contributed by atoms with Crippen LogP contribution in [-0.2, 0) is 0 Å². The zero-order valence-corrected chi connectivity index (χ0v) is 11.4. The van der Waals surface area contributed by atoms with Gasteiger partial charge in [-0.05, 0) is 42.8 Å². The quantitative estimate of drug-likeness (QED) is 0.770. The van der Waals surface area contributed by atoms with Gasteiger partial charge in [-0.25, -0.2) is 0 Å².